The van der Waals surface area contributed by atoms with Crippen molar-refractivity contribution >= 4 is 5.78 Å². The number of methoxy groups -OCH3 is 1. The van der Waals surface area contributed by atoms with E-state index in [4.69, 9.17) is 9.47 Å². The second-order valence-electron chi connectivity index (χ2n) is 9.61. The Balaban J connectivity index is 1.35. The summed E-state index contributed by atoms with van der Waals surface area (Å²) in [5.74, 6) is 2.34. The summed E-state index contributed by atoms with van der Waals surface area (Å²) in [6.07, 6.45) is 11.0. The second kappa shape index (κ2) is 7.52. The lowest BCUT2D eigenvalue weighted by atomic mass is 9.54. The van der Waals surface area contributed by atoms with Gasteiger partial charge in [-0.2, -0.15) is 0 Å². The van der Waals surface area contributed by atoms with Crippen LogP contribution in [0.2, 0.25) is 0 Å². The number of rotatable bonds is 4. The van der Waals surface area contributed by atoms with Crippen LogP contribution in [0.4, 0.5) is 0 Å². The van der Waals surface area contributed by atoms with E-state index in [2.05, 4.69) is 43.3 Å². The normalized spacial score (nSPS) is 38.6. The van der Waals surface area contributed by atoms with Crippen molar-refractivity contribution in [2.24, 2.45) is 23.2 Å². The third-order valence-corrected chi connectivity index (χ3v) is 8.25. The van der Waals surface area contributed by atoms with E-state index in [1.807, 2.05) is 6.07 Å². The van der Waals surface area contributed by atoms with Gasteiger partial charge in [-0.25, -0.2) is 0 Å². The summed E-state index contributed by atoms with van der Waals surface area (Å²) in [5.41, 5.74) is 4.09. The maximum absolute atomic E-state index is 12.6. The summed E-state index contributed by atoms with van der Waals surface area (Å²) >= 11 is 0. The highest BCUT2D eigenvalue weighted by molar-refractivity contribution is 5.87. The highest BCUT2D eigenvalue weighted by atomic mass is 16.5. The average molecular weight is 393 g/mol. The van der Waals surface area contributed by atoms with E-state index < -0.39 is 0 Å². The van der Waals surface area contributed by atoms with Gasteiger partial charge in [0.25, 0.3) is 0 Å². The Morgan fingerprint density at radius 1 is 1.03 bits per heavy atom. The van der Waals surface area contributed by atoms with Crippen molar-refractivity contribution in [3.8, 4) is 0 Å². The van der Waals surface area contributed by atoms with Gasteiger partial charge in [-0.05, 0) is 78.7 Å². The molecular weight excluding hydrogens is 360 g/mol. The van der Waals surface area contributed by atoms with Gasteiger partial charge in [0.1, 0.15) is 18.0 Å². The van der Waals surface area contributed by atoms with Crippen LogP contribution in [0.5, 0.6) is 0 Å². The van der Waals surface area contributed by atoms with Gasteiger partial charge in [0.2, 0.25) is 0 Å². The van der Waals surface area contributed by atoms with E-state index in [0.29, 0.717) is 30.1 Å². The minimum Gasteiger partial charge on any atom is -0.374 e. The molecule has 4 aliphatic carbocycles. The third kappa shape index (κ3) is 3.23. The molecule has 0 bridgehead atoms. The smallest absolute Gasteiger partial charge is 0.139 e. The molecule has 0 radical (unpaired) electrons. The van der Waals surface area contributed by atoms with Gasteiger partial charge in [-0.15, -0.1) is 0 Å². The molecule has 1 aromatic rings. The summed E-state index contributed by atoms with van der Waals surface area (Å²) in [4.78, 5) is 12.6. The number of ether oxygens (including phenoxy) is 2. The predicted octanol–water partition coefficient (Wildman–Crippen LogP) is 5.26. The zero-order valence-electron chi connectivity index (χ0n) is 17.6. The van der Waals surface area contributed by atoms with Crippen LogP contribution in [-0.2, 0) is 20.9 Å². The van der Waals surface area contributed by atoms with Gasteiger partial charge >= 0.3 is 0 Å². The van der Waals surface area contributed by atoms with E-state index in [0.717, 1.165) is 32.1 Å². The molecule has 1 aromatic carbocycles. The molecule has 3 fully saturated rings. The van der Waals surface area contributed by atoms with Crippen molar-refractivity contribution in [3.63, 3.8) is 0 Å². The van der Waals surface area contributed by atoms with Crippen molar-refractivity contribution in [1.82, 2.24) is 0 Å². The van der Waals surface area contributed by atoms with Crippen molar-refractivity contribution in [2.45, 2.75) is 64.3 Å². The van der Waals surface area contributed by atoms with Crippen molar-refractivity contribution in [2.75, 3.05) is 7.11 Å². The van der Waals surface area contributed by atoms with Gasteiger partial charge in [-0.1, -0.05) is 37.3 Å². The van der Waals surface area contributed by atoms with E-state index in [9.17, 15) is 4.79 Å². The monoisotopic (exact) mass is 392 g/mol. The van der Waals surface area contributed by atoms with Crippen molar-refractivity contribution < 1.29 is 14.3 Å². The fourth-order valence-corrected chi connectivity index (χ4v) is 6.64. The molecule has 5 rings (SSSR count). The minimum atomic E-state index is -0.0560. The number of carbonyl (C=O) groups is 1. The first-order valence-corrected chi connectivity index (χ1v) is 11.2. The number of carbonyl (C=O) groups excluding carboxylic acids is 1. The van der Waals surface area contributed by atoms with Crippen LogP contribution >= 0.6 is 0 Å². The van der Waals surface area contributed by atoms with Crippen LogP contribution in [0.3, 0.4) is 0 Å². The first-order valence-electron chi connectivity index (χ1n) is 11.2. The molecule has 0 amide bonds. The molecule has 3 heteroatoms. The zero-order valence-corrected chi connectivity index (χ0v) is 17.6. The lowest BCUT2D eigenvalue weighted by molar-refractivity contribution is -0.129. The molecule has 0 spiro atoms. The Kier molecular flexibility index (Phi) is 4.99. The molecule has 0 N–H and O–H groups in total. The average Bonchev–Trinajstić information content (AvgIpc) is 3.06. The number of ketones is 1. The largest absolute Gasteiger partial charge is 0.374 e. The van der Waals surface area contributed by atoms with Crippen LogP contribution in [0.25, 0.3) is 0 Å². The molecule has 3 nitrogen and oxygen atoms in total. The molecule has 29 heavy (non-hydrogen) atoms. The summed E-state index contributed by atoms with van der Waals surface area (Å²) < 4.78 is 12.1. The first kappa shape index (κ1) is 19.3. The first-order chi connectivity index (χ1) is 14.1. The van der Waals surface area contributed by atoms with Gasteiger partial charge in [-0.3, -0.25) is 4.79 Å². The number of benzene rings is 1. The topological polar surface area (TPSA) is 35.5 Å². The summed E-state index contributed by atoms with van der Waals surface area (Å²) in [5, 5.41) is 0. The van der Waals surface area contributed by atoms with Crippen molar-refractivity contribution in [1.29, 1.82) is 0 Å². The van der Waals surface area contributed by atoms with Gasteiger partial charge in [0, 0.05) is 18.9 Å². The fraction of sp³-hybridized carbons (Fsp3) is 0.577. The molecule has 0 saturated heterocycles. The molecule has 0 aliphatic heterocycles. The molecule has 5 unspecified atom stereocenters. The SMILES string of the molecule is COC1C=C2C(=CC1OCc1ccccc1)CCC1C2CC[C@]2(C)C(=O)CCC12. The van der Waals surface area contributed by atoms with E-state index in [1.165, 1.54) is 23.1 Å². The fourth-order valence-electron chi connectivity index (χ4n) is 6.64. The van der Waals surface area contributed by atoms with E-state index >= 15 is 0 Å². The quantitative estimate of drug-likeness (QED) is 0.701. The minimum absolute atomic E-state index is 0.0302. The molecule has 4 aliphatic rings. The zero-order chi connectivity index (χ0) is 20.0. The molecule has 3 saturated carbocycles. The maximum Gasteiger partial charge on any atom is 0.139 e. The Morgan fingerprint density at radius 3 is 2.66 bits per heavy atom. The summed E-state index contributed by atoms with van der Waals surface area (Å²) in [6.45, 7) is 2.85. The number of hydrogen-bond acceptors (Lipinski definition) is 3. The highest BCUT2D eigenvalue weighted by Gasteiger charge is 2.55. The third-order valence-electron chi connectivity index (χ3n) is 8.25. The standard InChI is InChI=1S/C26H32O3/c1-26-13-12-19-20(22(26)10-11-25(26)27)9-8-18-14-24(23(28-2)15-21(18)19)29-16-17-6-4-3-5-7-17/h3-7,14-15,19-20,22-24H,8-13,16H2,1-2H3/t19?,20?,22?,23?,24?,26-/m0/s1. The summed E-state index contributed by atoms with van der Waals surface area (Å²) in [6, 6.07) is 10.3. The number of hydrogen-bond donors (Lipinski definition) is 0. The Morgan fingerprint density at radius 2 is 1.86 bits per heavy atom. The lowest BCUT2D eigenvalue weighted by Crippen LogP contribution is -2.45. The highest BCUT2D eigenvalue weighted by Crippen LogP contribution is 2.59. The van der Waals surface area contributed by atoms with Gasteiger partial charge < -0.3 is 9.47 Å². The summed E-state index contributed by atoms with van der Waals surface area (Å²) in [7, 11) is 1.79. The van der Waals surface area contributed by atoms with Crippen LogP contribution in [-0.4, -0.2) is 25.1 Å². The molecular formula is C26H32O3. The number of Topliss-reactive ketones (excluding diaryl/α,β-unsaturated/α-hetero) is 1. The molecule has 0 aromatic heterocycles. The van der Waals surface area contributed by atoms with Crippen LogP contribution in [0.1, 0.15) is 51.0 Å². The Labute approximate surface area is 174 Å². The van der Waals surface area contributed by atoms with Crippen LogP contribution < -0.4 is 0 Å². The maximum atomic E-state index is 12.6. The van der Waals surface area contributed by atoms with Crippen molar-refractivity contribution in [3.05, 3.63) is 59.2 Å². The Bertz CT molecular complexity index is 839. The Hall–Kier alpha value is -1.71. The molecule has 0 heterocycles. The van der Waals surface area contributed by atoms with Gasteiger partial charge in [0.15, 0.2) is 0 Å². The second-order valence-corrected chi connectivity index (χ2v) is 9.61. The number of allylic oxidation sites excluding steroid dienone is 2. The molecule has 6 atom stereocenters. The number of fused-ring (bicyclic) bond motifs is 5. The van der Waals surface area contributed by atoms with E-state index in [-0.39, 0.29) is 17.6 Å². The predicted molar refractivity (Wildman–Crippen MR) is 113 cm³/mol. The van der Waals surface area contributed by atoms with Crippen LogP contribution in [0, 0.1) is 23.2 Å². The van der Waals surface area contributed by atoms with Gasteiger partial charge in [0.05, 0.1) is 6.61 Å². The van der Waals surface area contributed by atoms with Crippen LogP contribution in [0.15, 0.2) is 53.6 Å². The molecule has 154 valence electrons. The lowest BCUT2D eigenvalue weighted by Gasteiger charge is -2.50. The van der Waals surface area contributed by atoms with E-state index in [1.54, 1.807) is 7.11 Å².